The lowest BCUT2D eigenvalue weighted by molar-refractivity contribution is 0.401. The summed E-state index contributed by atoms with van der Waals surface area (Å²) in [6, 6.07) is 12.4. The monoisotopic (exact) mass is 214 g/mol. The maximum atomic E-state index is 4.39. The quantitative estimate of drug-likeness (QED) is 0.748. The summed E-state index contributed by atoms with van der Waals surface area (Å²) < 4.78 is 2.02. The first-order valence-electron chi connectivity index (χ1n) is 5.65. The largest absolute Gasteiger partial charge is 0.238 e. The Kier molecular flexibility index (Phi) is 2.82. The summed E-state index contributed by atoms with van der Waals surface area (Å²) in [4.78, 5) is 0. The maximum absolute atomic E-state index is 4.39. The third-order valence-electron chi connectivity index (χ3n) is 2.43. The Morgan fingerprint density at radius 3 is 2.38 bits per heavy atom. The van der Waals surface area contributed by atoms with E-state index in [9.17, 15) is 0 Å². The fourth-order valence-corrected chi connectivity index (χ4v) is 1.81. The molecule has 0 saturated heterocycles. The van der Waals surface area contributed by atoms with Gasteiger partial charge >= 0.3 is 0 Å². The van der Waals surface area contributed by atoms with E-state index in [1.165, 1.54) is 5.69 Å². The molecule has 0 atom stereocenters. The van der Waals surface area contributed by atoms with E-state index in [1.807, 2.05) is 29.1 Å². The van der Waals surface area contributed by atoms with Crippen LogP contribution in [-0.2, 0) is 6.42 Å². The average Bonchev–Trinajstić information content (AvgIpc) is 2.64. The Balaban J connectivity index is 2.33. The van der Waals surface area contributed by atoms with Gasteiger partial charge in [-0.1, -0.05) is 39.0 Å². The van der Waals surface area contributed by atoms with Crippen molar-refractivity contribution in [3.8, 4) is 5.69 Å². The van der Waals surface area contributed by atoms with Gasteiger partial charge in [-0.15, -0.1) is 0 Å². The lowest BCUT2D eigenvalue weighted by atomic mass is 9.90. The molecular weight excluding hydrogens is 196 g/mol. The lowest BCUT2D eigenvalue weighted by Crippen LogP contribution is -2.13. The van der Waals surface area contributed by atoms with Gasteiger partial charge in [-0.05, 0) is 30.0 Å². The average molecular weight is 214 g/mol. The van der Waals surface area contributed by atoms with Crippen molar-refractivity contribution in [2.45, 2.75) is 27.2 Å². The third kappa shape index (κ3) is 2.51. The van der Waals surface area contributed by atoms with E-state index in [0.29, 0.717) is 0 Å². The molecule has 0 bridgehead atoms. The van der Waals surface area contributed by atoms with Crippen molar-refractivity contribution in [2.75, 3.05) is 0 Å². The summed E-state index contributed by atoms with van der Waals surface area (Å²) in [6.07, 6.45) is 2.90. The smallest absolute Gasteiger partial charge is 0.0648 e. The molecule has 0 amide bonds. The molecule has 0 aliphatic carbocycles. The fraction of sp³-hybridized carbons (Fsp3) is 0.357. The van der Waals surface area contributed by atoms with Gasteiger partial charge in [-0.2, -0.15) is 5.10 Å². The van der Waals surface area contributed by atoms with Crippen LogP contribution in [0, 0.1) is 5.41 Å². The van der Waals surface area contributed by atoms with Gasteiger partial charge in [0.1, 0.15) is 0 Å². The van der Waals surface area contributed by atoms with Gasteiger partial charge < -0.3 is 0 Å². The van der Waals surface area contributed by atoms with E-state index in [2.05, 4.69) is 44.1 Å². The molecule has 2 heteroatoms. The van der Waals surface area contributed by atoms with Crippen molar-refractivity contribution < 1.29 is 0 Å². The lowest BCUT2D eigenvalue weighted by Gasteiger charge is -2.18. The first-order valence-corrected chi connectivity index (χ1v) is 5.65. The van der Waals surface area contributed by atoms with Crippen molar-refractivity contribution in [3.63, 3.8) is 0 Å². The normalized spacial score (nSPS) is 11.7. The standard InChI is InChI=1S/C14H18N2/c1-14(2,3)11-13-9-10-15-16(13)12-7-5-4-6-8-12/h4-10H,11H2,1-3H3. The molecule has 2 aromatic rings. The second-order valence-corrected chi connectivity index (χ2v) is 5.31. The van der Waals surface area contributed by atoms with E-state index >= 15 is 0 Å². The van der Waals surface area contributed by atoms with E-state index in [1.54, 1.807) is 0 Å². The van der Waals surface area contributed by atoms with Crippen molar-refractivity contribution in [3.05, 3.63) is 48.3 Å². The molecular formula is C14H18N2. The molecule has 0 N–H and O–H groups in total. The van der Waals surface area contributed by atoms with Gasteiger partial charge in [0, 0.05) is 11.9 Å². The highest BCUT2D eigenvalue weighted by Crippen LogP contribution is 2.21. The van der Waals surface area contributed by atoms with Crippen molar-refractivity contribution in [2.24, 2.45) is 5.41 Å². The van der Waals surface area contributed by atoms with E-state index in [0.717, 1.165) is 12.1 Å². The van der Waals surface area contributed by atoms with Crippen LogP contribution in [0.2, 0.25) is 0 Å². The zero-order valence-corrected chi connectivity index (χ0v) is 10.1. The molecule has 0 unspecified atom stereocenters. The van der Waals surface area contributed by atoms with Crippen LogP contribution < -0.4 is 0 Å². The van der Waals surface area contributed by atoms with Crippen LogP contribution >= 0.6 is 0 Å². The predicted molar refractivity (Wildman–Crippen MR) is 66.7 cm³/mol. The van der Waals surface area contributed by atoms with Crippen LogP contribution in [0.25, 0.3) is 5.69 Å². The Bertz CT molecular complexity index is 449. The van der Waals surface area contributed by atoms with Gasteiger partial charge in [-0.3, -0.25) is 0 Å². The number of hydrogen-bond donors (Lipinski definition) is 0. The molecule has 1 aromatic heterocycles. The van der Waals surface area contributed by atoms with Gasteiger partial charge in [0.2, 0.25) is 0 Å². The molecule has 0 fully saturated rings. The second-order valence-electron chi connectivity index (χ2n) is 5.31. The topological polar surface area (TPSA) is 17.8 Å². The first kappa shape index (κ1) is 10.9. The van der Waals surface area contributed by atoms with Crippen molar-refractivity contribution in [1.82, 2.24) is 9.78 Å². The molecule has 2 nitrogen and oxygen atoms in total. The molecule has 2 rings (SSSR count). The predicted octanol–water partition coefficient (Wildman–Crippen LogP) is 3.46. The summed E-state index contributed by atoms with van der Waals surface area (Å²) in [5, 5.41) is 4.39. The second kappa shape index (κ2) is 4.12. The molecule has 84 valence electrons. The first-order chi connectivity index (χ1) is 7.56. The van der Waals surface area contributed by atoms with Gasteiger partial charge in [0.25, 0.3) is 0 Å². The van der Waals surface area contributed by atoms with E-state index in [-0.39, 0.29) is 5.41 Å². The number of hydrogen-bond acceptors (Lipinski definition) is 1. The SMILES string of the molecule is CC(C)(C)Cc1ccnn1-c1ccccc1. The summed E-state index contributed by atoms with van der Waals surface area (Å²) >= 11 is 0. The third-order valence-corrected chi connectivity index (χ3v) is 2.43. The number of aromatic nitrogens is 2. The highest BCUT2D eigenvalue weighted by Gasteiger charge is 2.14. The Morgan fingerprint density at radius 2 is 1.75 bits per heavy atom. The van der Waals surface area contributed by atoms with Crippen LogP contribution in [0.3, 0.4) is 0 Å². The Hall–Kier alpha value is -1.57. The molecule has 0 aliphatic rings. The summed E-state index contributed by atoms with van der Waals surface area (Å²) in [5.41, 5.74) is 2.68. The number of benzene rings is 1. The van der Waals surface area contributed by atoms with Crippen LogP contribution in [0.5, 0.6) is 0 Å². The molecule has 0 radical (unpaired) electrons. The van der Waals surface area contributed by atoms with Gasteiger partial charge in [0.15, 0.2) is 0 Å². The molecule has 0 aliphatic heterocycles. The number of nitrogens with zero attached hydrogens (tertiary/aromatic N) is 2. The van der Waals surface area contributed by atoms with Crippen LogP contribution in [0.4, 0.5) is 0 Å². The molecule has 16 heavy (non-hydrogen) atoms. The zero-order chi connectivity index (χ0) is 11.6. The van der Waals surface area contributed by atoms with Crippen LogP contribution in [-0.4, -0.2) is 9.78 Å². The molecule has 1 heterocycles. The van der Waals surface area contributed by atoms with Crippen LogP contribution in [0.15, 0.2) is 42.6 Å². The van der Waals surface area contributed by atoms with Crippen molar-refractivity contribution in [1.29, 1.82) is 0 Å². The van der Waals surface area contributed by atoms with Crippen molar-refractivity contribution >= 4 is 0 Å². The zero-order valence-electron chi connectivity index (χ0n) is 10.1. The van der Waals surface area contributed by atoms with E-state index in [4.69, 9.17) is 0 Å². The Morgan fingerprint density at radius 1 is 1.06 bits per heavy atom. The minimum atomic E-state index is 0.284. The van der Waals surface area contributed by atoms with Gasteiger partial charge in [0.05, 0.1) is 5.69 Å². The molecule has 0 saturated carbocycles. The maximum Gasteiger partial charge on any atom is 0.0648 e. The fourth-order valence-electron chi connectivity index (χ4n) is 1.81. The number of rotatable bonds is 2. The summed E-state index contributed by atoms with van der Waals surface area (Å²) in [6.45, 7) is 6.74. The minimum Gasteiger partial charge on any atom is -0.238 e. The summed E-state index contributed by atoms with van der Waals surface area (Å²) in [5.74, 6) is 0. The highest BCUT2D eigenvalue weighted by atomic mass is 15.3. The molecule has 1 aromatic carbocycles. The highest BCUT2D eigenvalue weighted by molar-refractivity contribution is 5.32. The minimum absolute atomic E-state index is 0.284. The van der Waals surface area contributed by atoms with Crippen LogP contribution in [0.1, 0.15) is 26.5 Å². The Labute approximate surface area is 96.9 Å². The van der Waals surface area contributed by atoms with E-state index < -0.39 is 0 Å². The summed E-state index contributed by atoms with van der Waals surface area (Å²) in [7, 11) is 0. The molecule has 0 spiro atoms. The number of para-hydroxylation sites is 1. The van der Waals surface area contributed by atoms with Gasteiger partial charge in [-0.25, -0.2) is 4.68 Å².